The number of phenolic OH excluding ortho intramolecular Hbond substituents is 1. The summed E-state index contributed by atoms with van der Waals surface area (Å²) in [6, 6.07) is 19.3. The Morgan fingerprint density at radius 1 is 1.05 bits per heavy atom. The molecule has 0 saturated heterocycles. The number of carbonyl (C=O) groups is 2. The Morgan fingerprint density at radius 2 is 1.78 bits per heavy atom. The monoisotopic (exact) mass is 503 g/mol. The van der Waals surface area contributed by atoms with Crippen LogP contribution in [0.5, 0.6) is 11.5 Å². The van der Waals surface area contributed by atoms with E-state index in [1.807, 2.05) is 26.0 Å². The van der Waals surface area contributed by atoms with E-state index >= 15 is 0 Å². The van der Waals surface area contributed by atoms with Crippen LogP contribution in [0.3, 0.4) is 0 Å². The molecule has 5 N–H and O–H groups in total. The predicted octanol–water partition coefficient (Wildman–Crippen LogP) is 6.19. The number of hydrogen-bond acceptors (Lipinski definition) is 6. The number of methoxy groups -OCH3 is 1. The number of benzene rings is 3. The molecule has 0 aliphatic rings. The fraction of sp³-hybridized carbons (Fsp3) is 0.241. The molecule has 3 rings (SSSR count). The quantitative estimate of drug-likeness (QED) is 0.193. The molecule has 3 aromatic carbocycles. The third-order valence-corrected chi connectivity index (χ3v) is 5.86. The highest BCUT2D eigenvalue weighted by molar-refractivity contribution is 6.01. The summed E-state index contributed by atoms with van der Waals surface area (Å²) < 4.78 is 10.9. The molecule has 0 aliphatic heterocycles. The molecule has 0 bridgehead atoms. The summed E-state index contributed by atoms with van der Waals surface area (Å²) in [4.78, 5) is 24.9. The highest BCUT2D eigenvalue weighted by Gasteiger charge is 2.24. The van der Waals surface area contributed by atoms with Crippen molar-refractivity contribution < 1.29 is 24.2 Å². The lowest BCUT2D eigenvalue weighted by Gasteiger charge is -2.25. The zero-order valence-corrected chi connectivity index (χ0v) is 21.2. The Balaban J connectivity index is 1.66. The van der Waals surface area contributed by atoms with Crippen LogP contribution in [-0.4, -0.2) is 24.2 Å². The molecule has 0 spiro atoms. The first kappa shape index (κ1) is 27.1. The second kappa shape index (κ2) is 13.0. The van der Waals surface area contributed by atoms with Gasteiger partial charge in [0.15, 0.2) is 11.5 Å². The van der Waals surface area contributed by atoms with E-state index in [-0.39, 0.29) is 17.6 Å². The van der Waals surface area contributed by atoms with E-state index in [1.165, 1.54) is 19.3 Å². The molecule has 0 fully saturated rings. The summed E-state index contributed by atoms with van der Waals surface area (Å²) in [5.41, 5.74) is 9.23. The van der Waals surface area contributed by atoms with Crippen molar-refractivity contribution in [3.8, 4) is 11.5 Å². The maximum atomic E-state index is 12.7. The van der Waals surface area contributed by atoms with Gasteiger partial charge in [-0.2, -0.15) is 0 Å². The van der Waals surface area contributed by atoms with Crippen LogP contribution in [0.15, 0.2) is 78.9 Å². The number of nitrogen functional groups attached to an aromatic ring is 1. The maximum absolute atomic E-state index is 12.7. The van der Waals surface area contributed by atoms with Crippen molar-refractivity contribution in [2.45, 2.75) is 32.8 Å². The summed E-state index contributed by atoms with van der Waals surface area (Å²) >= 11 is 0. The number of nitrogens with two attached hydrogens (primary N) is 1. The van der Waals surface area contributed by atoms with Crippen molar-refractivity contribution in [3.63, 3.8) is 0 Å². The van der Waals surface area contributed by atoms with Crippen LogP contribution in [0, 0.1) is 12.8 Å². The zero-order valence-electron chi connectivity index (χ0n) is 21.2. The van der Waals surface area contributed by atoms with E-state index in [1.54, 1.807) is 54.6 Å². The van der Waals surface area contributed by atoms with Gasteiger partial charge >= 0.3 is 6.09 Å². The van der Waals surface area contributed by atoms with Gasteiger partial charge in [0.25, 0.3) is 0 Å². The number of para-hydroxylation sites is 2. The molecule has 0 radical (unpaired) electrons. The van der Waals surface area contributed by atoms with Crippen molar-refractivity contribution in [1.29, 1.82) is 0 Å². The van der Waals surface area contributed by atoms with Crippen LogP contribution in [0.1, 0.15) is 37.0 Å². The Morgan fingerprint density at radius 3 is 2.46 bits per heavy atom. The highest BCUT2D eigenvalue weighted by Crippen LogP contribution is 2.35. The molecular weight excluding hydrogens is 470 g/mol. The van der Waals surface area contributed by atoms with Crippen LogP contribution in [0.2, 0.25) is 0 Å². The van der Waals surface area contributed by atoms with Crippen molar-refractivity contribution in [2.24, 2.45) is 5.92 Å². The van der Waals surface area contributed by atoms with E-state index in [0.717, 1.165) is 5.56 Å². The Hall–Kier alpha value is -4.46. The number of aromatic hydroxyl groups is 1. The minimum atomic E-state index is -0.645. The summed E-state index contributed by atoms with van der Waals surface area (Å²) in [5.74, 6) is -0.131. The van der Waals surface area contributed by atoms with Crippen LogP contribution in [0.25, 0.3) is 0 Å². The van der Waals surface area contributed by atoms with Gasteiger partial charge in [-0.25, -0.2) is 4.79 Å². The summed E-state index contributed by atoms with van der Waals surface area (Å²) in [7, 11) is 1.47. The topological polar surface area (TPSA) is 123 Å². The van der Waals surface area contributed by atoms with Crippen molar-refractivity contribution in [2.75, 3.05) is 23.5 Å². The first-order chi connectivity index (χ1) is 17.8. The lowest BCUT2D eigenvalue weighted by Crippen LogP contribution is -2.22. The Bertz CT molecular complexity index is 1240. The number of anilines is 3. The summed E-state index contributed by atoms with van der Waals surface area (Å²) in [5, 5.41) is 15.8. The molecule has 3 aromatic rings. The first-order valence-electron chi connectivity index (χ1n) is 12.0. The minimum absolute atomic E-state index is 0.0449. The van der Waals surface area contributed by atoms with Crippen LogP contribution >= 0.6 is 0 Å². The fourth-order valence-electron chi connectivity index (χ4n) is 3.78. The lowest BCUT2D eigenvalue weighted by atomic mass is 9.92. The van der Waals surface area contributed by atoms with E-state index in [9.17, 15) is 14.7 Å². The lowest BCUT2D eigenvalue weighted by molar-refractivity contribution is -0.111. The highest BCUT2D eigenvalue weighted by atomic mass is 16.6. The number of phenols is 1. The number of rotatable bonds is 10. The largest absolute Gasteiger partial charge is 0.504 e. The van der Waals surface area contributed by atoms with Crippen molar-refractivity contribution in [1.82, 2.24) is 0 Å². The predicted molar refractivity (Wildman–Crippen MR) is 146 cm³/mol. The first-order valence-corrected chi connectivity index (χ1v) is 12.0. The van der Waals surface area contributed by atoms with Crippen LogP contribution in [0.4, 0.5) is 21.9 Å². The molecule has 0 heterocycles. The Kier molecular flexibility index (Phi) is 9.55. The van der Waals surface area contributed by atoms with E-state index in [4.69, 9.17) is 15.2 Å². The standard InChI is InChI=1S/C29H33N3O5/c1-19-12-15-22(16-13-19)31-29(35)37-28(21-14-17-26(36-3)25(33)18-21)20(2)8-4-7-11-27(34)32-24-10-6-5-9-23(24)30/h5-7,9-18,20,28,33H,4,8,30H2,1-3H3,(H,31,35)(H,32,34)/b11-7+/t20-,28+/m1/s1. The van der Waals surface area contributed by atoms with E-state index < -0.39 is 12.2 Å². The molecule has 37 heavy (non-hydrogen) atoms. The summed E-state index contributed by atoms with van der Waals surface area (Å²) in [6.07, 6.45) is 3.16. The normalized spacial score (nSPS) is 12.5. The average molecular weight is 504 g/mol. The minimum Gasteiger partial charge on any atom is -0.504 e. The molecule has 0 unspecified atom stereocenters. The Labute approximate surface area is 217 Å². The maximum Gasteiger partial charge on any atom is 0.412 e. The molecule has 0 saturated carbocycles. The average Bonchev–Trinajstić information content (AvgIpc) is 2.88. The smallest absolute Gasteiger partial charge is 0.412 e. The number of hydrogen-bond donors (Lipinski definition) is 4. The van der Waals surface area contributed by atoms with Gasteiger partial charge in [-0.15, -0.1) is 0 Å². The van der Waals surface area contributed by atoms with Gasteiger partial charge in [0, 0.05) is 5.69 Å². The third kappa shape index (κ3) is 8.03. The molecule has 2 amide bonds. The van der Waals surface area contributed by atoms with Crippen LogP contribution < -0.4 is 21.1 Å². The number of amides is 2. The zero-order chi connectivity index (χ0) is 26.8. The summed E-state index contributed by atoms with van der Waals surface area (Å²) in [6.45, 7) is 3.91. The van der Waals surface area contributed by atoms with Crippen molar-refractivity contribution >= 4 is 29.1 Å². The molecule has 2 atom stereocenters. The van der Waals surface area contributed by atoms with Crippen molar-refractivity contribution in [3.05, 3.63) is 90.0 Å². The van der Waals surface area contributed by atoms with Gasteiger partial charge < -0.3 is 25.6 Å². The molecule has 8 heteroatoms. The van der Waals surface area contributed by atoms with Gasteiger partial charge in [0.05, 0.1) is 18.5 Å². The van der Waals surface area contributed by atoms with E-state index in [0.29, 0.717) is 41.2 Å². The number of aryl methyl sites for hydroxylation is 1. The number of ether oxygens (including phenoxy) is 2. The molecule has 0 aromatic heterocycles. The number of allylic oxidation sites excluding steroid dienone is 1. The fourth-order valence-corrected chi connectivity index (χ4v) is 3.78. The number of carbonyl (C=O) groups excluding carboxylic acids is 2. The number of nitrogens with one attached hydrogen (secondary N) is 2. The van der Waals surface area contributed by atoms with Gasteiger partial charge in [-0.3, -0.25) is 10.1 Å². The SMILES string of the molecule is COc1ccc([C@@H](OC(=O)Nc2ccc(C)cc2)[C@H](C)CC/C=C/C(=O)Nc2ccccc2N)cc1O. The van der Waals surface area contributed by atoms with Gasteiger partial charge in [-0.1, -0.05) is 48.9 Å². The molecular formula is C29H33N3O5. The molecule has 8 nitrogen and oxygen atoms in total. The van der Waals surface area contributed by atoms with Gasteiger partial charge in [-0.05, 0) is 73.7 Å². The molecule has 194 valence electrons. The third-order valence-electron chi connectivity index (χ3n) is 5.86. The second-order valence-electron chi connectivity index (χ2n) is 8.78. The molecule has 0 aliphatic carbocycles. The van der Waals surface area contributed by atoms with Gasteiger partial charge in [0.2, 0.25) is 5.91 Å². The van der Waals surface area contributed by atoms with Gasteiger partial charge in [0.1, 0.15) is 6.10 Å². The van der Waals surface area contributed by atoms with E-state index in [2.05, 4.69) is 10.6 Å². The second-order valence-corrected chi connectivity index (χ2v) is 8.78. The van der Waals surface area contributed by atoms with Crippen LogP contribution in [-0.2, 0) is 9.53 Å².